The molecule has 0 bridgehead atoms. The number of carbonyl (C=O) groups excluding carboxylic acids is 1. The summed E-state index contributed by atoms with van der Waals surface area (Å²) in [5.41, 5.74) is 0.936. The van der Waals surface area contributed by atoms with E-state index >= 15 is 0 Å². The van der Waals surface area contributed by atoms with Gasteiger partial charge in [0.2, 0.25) is 0 Å². The Hall–Kier alpha value is -1.98. The Balaban J connectivity index is 2.45. The Morgan fingerprint density at radius 1 is 1.50 bits per heavy atom. The van der Waals surface area contributed by atoms with Crippen molar-refractivity contribution < 1.29 is 19.1 Å². The van der Waals surface area contributed by atoms with Crippen LogP contribution in [0.1, 0.15) is 31.1 Å². The van der Waals surface area contributed by atoms with Crippen molar-refractivity contribution in [3.05, 3.63) is 23.7 Å². The number of nitrogens with one attached hydrogen (secondary N) is 1. The lowest BCUT2D eigenvalue weighted by Crippen LogP contribution is -2.40. The average molecular weight is 282 g/mol. The van der Waals surface area contributed by atoms with Gasteiger partial charge in [0.1, 0.15) is 5.76 Å². The van der Waals surface area contributed by atoms with Gasteiger partial charge in [-0.05, 0) is 19.4 Å². The maximum absolute atomic E-state index is 11.9. The Labute approximate surface area is 118 Å². The molecule has 0 radical (unpaired) electrons. The summed E-state index contributed by atoms with van der Waals surface area (Å²) >= 11 is 0. The number of hydrogen-bond acceptors (Lipinski definition) is 3. The molecule has 1 atom stereocenters. The molecule has 112 valence electrons. The SMILES string of the molecule is CCCC(CNC(=O)N(C)Cc1ccoc1C)C(=O)O. The van der Waals surface area contributed by atoms with E-state index in [1.807, 2.05) is 19.9 Å². The van der Waals surface area contributed by atoms with E-state index in [1.54, 1.807) is 13.3 Å². The van der Waals surface area contributed by atoms with Crippen LogP contribution in [0.15, 0.2) is 16.7 Å². The number of carboxylic acid groups (broad SMARTS) is 1. The van der Waals surface area contributed by atoms with Crippen molar-refractivity contribution in [2.75, 3.05) is 13.6 Å². The van der Waals surface area contributed by atoms with Gasteiger partial charge in [-0.3, -0.25) is 4.79 Å². The molecule has 1 heterocycles. The van der Waals surface area contributed by atoms with Gasteiger partial charge < -0.3 is 19.7 Å². The second-order valence-electron chi connectivity index (χ2n) is 4.87. The molecule has 1 unspecified atom stereocenters. The van der Waals surface area contributed by atoms with Gasteiger partial charge in [-0.2, -0.15) is 0 Å². The van der Waals surface area contributed by atoms with E-state index in [0.717, 1.165) is 17.7 Å². The quantitative estimate of drug-likeness (QED) is 0.803. The van der Waals surface area contributed by atoms with Crippen LogP contribution < -0.4 is 5.32 Å². The van der Waals surface area contributed by atoms with Crippen LogP contribution in [0, 0.1) is 12.8 Å². The van der Waals surface area contributed by atoms with Gasteiger partial charge in [-0.15, -0.1) is 0 Å². The summed E-state index contributed by atoms with van der Waals surface area (Å²) in [6.45, 7) is 4.34. The van der Waals surface area contributed by atoms with E-state index in [2.05, 4.69) is 5.32 Å². The minimum Gasteiger partial charge on any atom is -0.481 e. The first-order chi connectivity index (χ1) is 9.45. The fourth-order valence-electron chi connectivity index (χ4n) is 1.91. The van der Waals surface area contributed by atoms with E-state index in [9.17, 15) is 9.59 Å². The van der Waals surface area contributed by atoms with Crippen molar-refractivity contribution in [2.24, 2.45) is 5.92 Å². The van der Waals surface area contributed by atoms with Crippen molar-refractivity contribution in [1.29, 1.82) is 0 Å². The van der Waals surface area contributed by atoms with E-state index in [-0.39, 0.29) is 12.6 Å². The number of carboxylic acids is 1. The number of amides is 2. The number of urea groups is 1. The summed E-state index contributed by atoms with van der Waals surface area (Å²) < 4.78 is 5.17. The molecule has 6 nitrogen and oxygen atoms in total. The minimum absolute atomic E-state index is 0.150. The summed E-state index contributed by atoms with van der Waals surface area (Å²) in [6, 6.07) is 1.53. The predicted molar refractivity (Wildman–Crippen MR) is 74.3 cm³/mol. The van der Waals surface area contributed by atoms with Crippen molar-refractivity contribution in [3.8, 4) is 0 Å². The van der Waals surface area contributed by atoms with E-state index in [1.165, 1.54) is 4.90 Å². The fourth-order valence-corrected chi connectivity index (χ4v) is 1.91. The second kappa shape index (κ2) is 7.57. The first-order valence-corrected chi connectivity index (χ1v) is 6.70. The van der Waals surface area contributed by atoms with Crippen LogP contribution in [-0.2, 0) is 11.3 Å². The van der Waals surface area contributed by atoms with Crippen molar-refractivity contribution >= 4 is 12.0 Å². The number of furan rings is 1. The van der Waals surface area contributed by atoms with E-state index in [4.69, 9.17) is 9.52 Å². The third kappa shape index (κ3) is 4.60. The highest BCUT2D eigenvalue weighted by molar-refractivity contribution is 5.75. The molecule has 1 aromatic heterocycles. The van der Waals surface area contributed by atoms with Crippen LogP contribution in [0.2, 0.25) is 0 Å². The smallest absolute Gasteiger partial charge is 0.317 e. The molecule has 0 aliphatic carbocycles. The van der Waals surface area contributed by atoms with Gasteiger partial charge in [-0.25, -0.2) is 4.79 Å². The number of carbonyl (C=O) groups is 2. The molecule has 2 amide bonds. The molecule has 0 fully saturated rings. The lowest BCUT2D eigenvalue weighted by Gasteiger charge is -2.19. The second-order valence-corrected chi connectivity index (χ2v) is 4.87. The number of nitrogens with zero attached hydrogens (tertiary/aromatic N) is 1. The molecule has 0 saturated heterocycles. The Morgan fingerprint density at radius 3 is 2.70 bits per heavy atom. The van der Waals surface area contributed by atoms with Gasteiger partial charge in [0.05, 0.1) is 18.7 Å². The Bertz CT molecular complexity index is 456. The number of hydrogen-bond donors (Lipinski definition) is 2. The van der Waals surface area contributed by atoms with Gasteiger partial charge >= 0.3 is 12.0 Å². The summed E-state index contributed by atoms with van der Waals surface area (Å²) in [4.78, 5) is 24.4. The molecule has 20 heavy (non-hydrogen) atoms. The van der Waals surface area contributed by atoms with Gasteiger partial charge in [0.25, 0.3) is 0 Å². The summed E-state index contributed by atoms with van der Waals surface area (Å²) in [7, 11) is 1.66. The summed E-state index contributed by atoms with van der Waals surface area (Å²) in [6.07, 6.45) is 2.91. The van der Waals surface area contributed by atoms with Crippen LogP contribution in [-0.4, -0.2) is 35.6 Å². The average Bonchev–Trinajstić information content (AvgIpc) is 2.79. The largest absolute Gasteiger partial charge is 0.481 e. The highest BCUT2D eigenvalue weighted by Gasteiger charge is 2.18. The fraction of sp³-hybridized carbons (Fsp3) is 0.571. The van der Waals surface area contributed by atoms with Crippen LogP contribution in [0.25, 0.3) is 0 Å². The third-order valence-corrected chi connectivity index (χ3v) is 3.21. The highest BCUT2D eigenvalue weighted by atomic mass is 16.4. The topological polar surface area (TPSA) is 82.8 Å². The zero-order chi connectivity index (χ0) is 15.1. The standard InChI is InChI=1S/C14H22N2O4/c1-4-5-11(13(17)18)8-15-14(19)16(3)9-12-6-7-20-10(12)2/h6-7,11H,4-5,8-9H2,1-3H3,(H,15,19)(H,17,18). The zero-order valence-electron chi connectivity index (χ0n) is 12.2. The minimum atomic E-state index is -0.875. The first kappa shape index (κ1) is 16.1. The van der Waals surface area contributed by atoms with Gasteiger partial charge in [0.15, 0.2) is 0 Å². The lowest BCUT2D eigenvalue weighted by atomic mass is 10.0. The van der Waals surface area contributed by atoms with Crippen LogP contribution >= 0.6 is 0 Å². The van der Waals surface area contributed by atoms with E-state index < -0.39 is 11.9 Å². The van der Waals surface area contributed by atoms with Crippen LogP contribution in [0.4, 0.5) is 4.79 Å². The van der Waals surface area contributed by atoms with Crippen molar-refractivity contribution in [1.82, 2.24) is 10.2 Å². The summed E-state index contributed by atoms with van der Waals surface area (Å²) in [5, 5.41) is 11.7. The lowest BCUT2D eigenvalue weighted by molar-refractivity contribution is -0.141. The van der Waals surface area contributed by atoms with Crippen LogP contribution in [0.3, 0.4) is 0 Å². The molecular weight excluding hydrogens is 260 g/mol. The van der Waals surface area contributed by atoms with Crippen molar-refractivity contribution in [2.45, 2.75) is 33.2 Å². The number of aryl methyl sites for hydroxylation is 1. The van der Waals surface area contributed by atoms with Gasteiger partial charge in [0, 0.05) is 19.2 Å². The molecule has 1 aromatic rings. The third-order valence-electron chi connectivity index (χ3n) is 3.21. The normalized spacial score (nSPS) is 11.9. The molecule has 0 saturated carbocycles. The highest BCUT2D eigenvalue weighted by Crippen LogP contribution is 2.11. The predicted octanol–water partition coefficient (Wildman–Crippen LogP) is 2.23. The molecule has 0 aliphatic heterocycles. The Morgan fingerprint density at radius 2 is 2.20 bits per heavy atom. The summed E-state index contributed by atoms with van der Waals surface area (Å²) in [5.74, 6) is -0.632. The monoisotopic (exact) mass is 282 g/mol. The van der Waals surface area contributed by atoms with Gasteiger partial charge in [-0.1, -0.05) is 13.3 Å². The zero-order valence-corrected chi connectivity index (χ0v) is 12.2. The molecule has 6 heteroatoms. The molecule has 0 spiro atoms. The van der Waals surface area contributed by atoms with E-state index in [0.29, 0.717) is 13.0 Å². The molecule has 0 aromatic carbocycles. The number of aliphatic carboxylic acids is 1. The molecule has 0 aliphatic rings. The Kier molecular flexibility index (Phi) is 6.09. The van der Waals surface area contributed by atoms with Crippen LogP contribution in [0.5, 0.6) is 0 Å². The molecular formula is C14H22N2O4. The molecule has 2 N–H and O–H groups in total. The number of rotatable bonds is 7. The maximum Gasteiger partial charge on any atom is 0.317 e. The molecule has 1 rings (SSSR count). The maximum atomic E-state index is 11.9. The first-order valence-electron chi connectivity index (χ1n) is 6.70. The van der Waals surface area contributed by atoms with Crippen molar-refractivity contribution in [3.63, 3.8) is 0 Å².